The minimum Gasteiger partial charge on any atom is -0.495 e. The van der Waals surface area contributed by atoms with E-state index in [4.69, 9.17) is 9.72 Å². The maximum absolute atomic E-state index is 5.62. The van der Waals surface area contributed by atoms with E-state index in [9.17, 15) is 0 Å². The van der Waals surface area contributed by atoms with E-state index in [-0.39, 0.29) is 0 Å². The normalized spacial score (nSPS) is 14.8. The molecular formula is C25H24N6O. The number of imidazole rings is 1. The van der Waals surface area contributed by atoms with Crippen LogP contribution in [-0.2, 0) is 6.54 Å². The highest BCUT2D eigenvalue weighted by molar-refractivity contribution is 5.86. The molecule has 1 saturated heterocycles. The Balaban J connectivity index is 1.39. The van der Waals surface area contributed by atoms with Crippen LogP contribution >= 0.6 is 0 Å². The van der Waals surface area contributed by atoms with E-state index in [1.807, 2.05) is 35.1 Å². The van der Waals surface area contributed by atoms with Crippen LogP contribution in [0.3, 0.4) is 0 Å². The molecular weight excluding hydrogens is 400 g/mol. The molecule has 0 spiro atoms. The number of benzene rings is 2. The number of hydrogen-bond acceptors (Lipinski definition) is 6. The third-order valence-corrected chi connectivity index (χ3v) is 6.19. The summed E-state index contributed by atoms with van der Waals surface area (Å²) in [4.78, 5) is 16.2. The second-order valence-electron chi connectivity index (χ2n) is 8.22. The van der Waals surface area contributed by atoms with Gasteiger partial charge in [-0.15, -0.1) is 0 Å². The van der Waals surface area contributed by atoms with Gasteiger partial charge in [0.25, 0.3) is 0 Å². The first-order chi connectivity index (χ1) is 15.8. The van der Waals surface area contributed by atoms with E-state index in [0.29, 0.717) is 0 Å². The molecule has 0 atom stereocenters. The van der Waals surface area contributed by atoms with Gasteiger partial charge in [-0.1, -0.05) is 12.1 Å². The highest BCUT2D eigenvalue weighted by atomic mass is 16.5. The van der Waals surface area contributed by atoms with E-state index >= 15 is 0 Å². The monoisotopic (exact) mass is 424 g/mol. The number of nitrogens with one attached hydrogen (secondary N) is 1. The largest absolute Gasteiger partial charge is 0.495 e. The molecule has 7 nitrogen and oxygen atoms in total. The van der Waals surface area contributed by atoms with Crippen molar-refractivity contribution in [3.63, 3.8) is 0 Å². The number of ether oxygens (including phenoxy) is 1. The molecule has 0 saturated carbocycles. The van der Waals surface area contributed by atoms with Crippen molar-refractivity contribution in [2.24, 2.45) is 4.99 Å². The van der Waals surface area contributed by atoms with E-state index in [1.54, 1.807) is 13.3 Å². The SMILES string of the molecule is COc1ccc(Nc2nc(-c3ccc4c(c3)CN=C4)cn3ccnc23)cc1N1CCCC1. The Morgan fingerprint density at radius 3 is 2.84 bits per heavy atom. The lowest BCUT2D eigenvalue weighted by molar-refractivity contribution is 0.415. The van der Waals surface area contributed by atoms with Crippen LogP contribution in [0.25, 0.3) is 16.9 Å². The first-order valence-corrected chi connectivity index (χ1v) is 11.0. The summed E-state index contributed by atoms with van der Waals surface area (Å²) in [5, 5.41) is 3.51. The standard InChI is InChI=1S/C25H24N6O/c1-32-23-7-6-20(13-22(23)30-9-2-3-10-30)28-24-25-27-8-11-31(25)16-21(29-24)17-4-5-18-14-26-15-19(18)12-17/h4-8,11-14,16H,2-3,9-10,15H2,1H3,(H,28,29). The maximum atomic E-state index is 5.62. The maximum Gasteiger partial charge on any atom is 0.180 e. The Labute approximate surface area is 186 Å². The molecule has 6 rings (SSSR count). The zero-order valence-corrected chi connectivity index (χ0v) is 18.0. The van der Waals surface area contributed by atoms with E-state index in [0.717, 1.165) is 59.5 Å². The molecule has 2 aromatic carbocycles. The Bertz CT molecular complexity index is 1340. The van der Waals surface area contributed by atoms with Crippen LogP contribution < -0.4 is 15.0 Å². The Kier molecular flexibility index (Phi) is 4.52. The summed E-state index contributed by atoms with van der Waals surface area (Å²) in [6, 6.07) is 12.6. The third kappa shape index (κ3) is 3.26. The van der Waals surface area contributed by atoms with Crippen molar-refractivity contribution in [1.82, 2.24) is 14.4 Å². The lowest BCUT2D eigenvalue weighted by Crippen LogP contribution is -2.18. The second kappa shape index (κ2) is 7.67. The van der Waals surface area contributed by atoms with Crippen molar-refractivity contribution in [1.29, 1.82) is 0 Å². The summed E-state index contributed by atoms with van der Waals surface area (Å²) in [5.74, 6) is 1.62. The fraction of sp³-hybridized carbons (Fsp3) is 0.240. The number of aromatic nitrogens is 3. The first kappa shape index (κ1) is 18.9. The average molecular weight is 425 g/mol. The number of anilines is 3. The molecule has 1 N–H and O–H groups in total. The number of methoxy groups -OCH3 is 1. The number of nitrogens with zero attached hydrogens (tertiary/aromatic N) is 5. The molecule has 4 heterocycles. The van der Waals surface area contributed by atoms with Crippen molar-refractivity contribution in [2.45, 2.75) is 19.4 Å². The van der Waals surface area contributed by atoms with Gasteiger partial charge in [0.1, 0.15) is 5.75 Å². The summed E-state index contributed by atoms with van der Waals surface area (Å²) >= 11 is 0. The van der Waals surface area contributed by atoms with E-state index in [2.05, 4.69) is 44.5 Å². The summed E-state index contributed by atoms with van der Waals surface area (Å²) in [6.45, 7) is 2.84. The topological polar surface area (TPSA) is 67.0 Å². The molecule has 0 aliphatic carbocycles. The summed E-state index contributed by atoms with van der Waals surface area (Å²) < 4.78 is 7.64. The Hall–Kier alpha value is -3.87. The minimum absolute atomic E-state index is 0.724. The molecule has 0 bridgehead atoms. The molecule has 0 amide bonds. The van der Waals surface area contributed by atoms with Crippen LogP contribution in [0.1, 0.15) is 24.0 Å². The number of hydrogen-bond donors (Lipinski definition) is 1. The van der Waals surface area contributed by atoms with Crippen LogP contribution in [0.5, 0.6) is 5.75 Å². The molecule has 1 fully saturated rings. The fourth-order valence-corrected chi connectivity index (χ4v) is 4.53. The van der Waals surface area contributed by atoms with Crippen LogP contribution in [-0.4, -0.2) is 40.8 Å². The predicted molar refractivity (Wildman–Crippen MR) is 127 cm³/mol. The summed E-state index contributed by atoms with van der Waals surface area (Å²) in [5.41, 5.74) is 7.24. The van der Waals surface area contributed by atoms with Gasteiger partial charge in [-0.3, -0.25) is 4.99 Å². The molecule has 160 valence electrons. The smallest absolute Gasteiger partial charge is 0.180 e. The molecule has 7 heteroatoms. The molecule has 0 unspecified atom stereocenters. The van der Waals surface area contributed by atoms with Crippen LogP contribution in [0.15, 0.2) is 60.0 Å². The molecule has 32 heavy (non-hydrogen) atoms. The Morgan fingerprint density at radius 1 is 1.06 bits per heavy atom. The van der Waals surface area contributed by atoms with Gasteiger partial charge in [0, 0.05) is 49.1 Å². The van der Waals surface area contributed by atoms with Gasteiger partial charge in [-0.2, -0.15) is 0 Å². The van der Waals surface area contributed by atoms with Crippen molar-refractivity contribution in [3.05, 3.63) is 66.1 Å². The minimum atomic E-state index is 0.724. The van der Waals surface area contributed by atoms with Gasteiger partial charge in [0.2, 0.25) is 0 Å². The van der Waals surface area contributed by atoms with Gasteiger partial charge < -0.3 is 19.4 Å². The van der Waals surface area contributed by atoms with Gasteiger partial charge in [-0.05, 0) is 48.2 Å². The number of fused-ring (bicyclic) bond motifs is 2. The molecule has 2 aliphatic heterocycles. The number of rotatable bonds is 5. The first-order valence-electron chi connectivity index (χ1n) is 11.0. The molecule has 2 aliphatic rings. The predicted octanol–water partition coefficient (Wildman–Crippen LogP) is 4.68. The zero-order chi connectivity index (χ0) is 21.5. The van der Waals surface area contributed by atoms with E-state index < -0.39 is 0 Å². The fourth-order valence-electron chi connectivity index (χ4n) is 4.53. The highest BCUT2D eigenvalue weighted by Crippen LogP contribution is 2.35. The lowest BCUT2D eigenvalue weighted by atomic mass is 10.0. The molecule has 4 aromatic rings. The summed E-state index contributed by atoms with van der Waals surface area (Å²) in [6.07, 6.45) is 10.1. The van der Waals surface area contributed by atoms with Crippen molar-refractivity contribution in [2.75, 3.05) is 30.4 Å². The zero-order valence-electron chi connectivity index (χ0n) is 18.0. The van der Waals surface area contributed by atoms with Gasteiger partial charge in [0.05, 0.1) is 25.0 Å². The third-order valence-electron chi connectivity index (χ3n) is 6.19. The second-order valence-corrected chi connectivity index (χ2v) is 8.22. The quantitative estimate of drug-likeness (QED) is 0.504. The van der Waals surface area contributed by atoms with Gasteiger partial charge >= 0.3 is 0 Å². The number of aliphatic imine (C=N–C) groups is 1. The van der Waals surface area contributed by atoms with Crippen LogP contribution in [0, 0.1) is 0 Å². The van der Waals surface area contributed by atoms with E-state index in [1.165, 1.54) is 24.0 Å². The lowest BCUT2D eigenvalue weighted by Gasteiger charge is -2.21. The highest BCUT2D eigenvalue weighted by Gasteiger charge is 2.18. The van der Waals surface area contributed by atoms with Crippen molar-refractivity contribution < 1.29 is 4.74 Å². The van der Waals surface area contributed by atoms with Crippen LogP contribution in [0.2, 0.25) is 0 Å². The molecule has 0 radical (unpaired) electrons. The van der Waals surface area contributed by atoms with Crippen LogP contribution in [0.4, 0.5) is 17.2 Å². The molecule has 2 aromatic heterocycles. The Morgan fingerprint density at radius 2 is 1.97 bits per heavy atom. The van der Waals surface area contributed by atoms with Crippen molar-refractivity contribution in [3.8, 4) is 17.0 Å². The van der Waals surface area contributed by atoms with Gasteiger partial charge in [-0.25, -0.2) is 9.97 Å². The van der Waals surface area contributed by atoms with Crippen molar-refractivity contribution >= 4 is 29.1 Å². The van der Waals surface area contributed by atoms with Gasteiger partial charge in [0.15, 0.2) is 11.5 Å². The summed E-state index contributed by atoms with van der Waals surface area (Å²) in [7, 11) is 1.72. The average Bonchev–Trinajstić information content (AvgIpc) is 3.60.